The van der Waals surface area contributed by atoms with E-state index >= 15 is 0 Å². The fourth-order valence-electron chi connectivity index (χ4n) is 2.28. The van der Waals surface area contributed by atoms with E-state index < -0.39 is 0 Å². The van der Waals surface area contributed by atoms with Crippen molar-refractivity contribution >= 4 is 45.9 Å². The number of thiophene rings is 1. The SMILES string of the molecule is Cc1ccc(/C=c2/sc3nc(/C=C/c4cccs4)nn3c2=O)cc1. The van der Waals surface area contributed by atoms with Gasteiger partial charge in [-0.15, -0.1) is 16.4 Å². The van der Waals surface area contributed by atoms with E-state index in [-0.39, 0.29) is 5.56 Å². The van der Waals surface area contributed by atoms with Gasteiger partial charge in [-0.25, -0.2) is 0 Å². The monoisotopic (exact) mass is 351 g/mol. The molecule has 0 aliphatic heterocycles. The number of thiazole rings is 1. The van der Waals surface area contributed by atoms with Crippen molar-refractivity contribution in [3.05, 3.63) is 78.5 Å². The molecular weight excluding hydrogens is 338 g/mol. The van der Waals surface area contributed by atoms with Crippen molar-refractivity contribution in [1.82, 2.24) is 14.6 Å². The van der Waals surface area contributed by atoms with Crippen LogP contribution in [-0.4, -0.2) is 14.6 Å². The van der Waals surface area contributed by atoms with E-state index in [9.17, 15) is 4.79 Å². The third-order valence-electron chi connectivity index (χ3n) is 3.51. The number of nitrogens with zero attached hydrogens (tertiary/aromatic N) is 3. The predicted octanol–water partition coefficient (Wildman–Crippen LogP) is 3.24. The molecule has 3 heterocycles. The molecule has 118 valence electrons. The summed E-state index contributed by atoms with van der Waals surface area (Å²) in [6, 6.07) is 12.1. The Kier molecular flexibility index (Phi) is 3.84. The van der Waals surface area contributed by atoms with Crippen LogP contribution < -0.4 is 10.1 Å². The van der Waals surface area contributed by atoms with Gasteiger partial charge < -0.3 is 0 Å². The quantitative estimate of drug-likeness (QED) is 0.569. The molecule has 6 heteroatoms. The highest BCUT2D eigenvalue weighted by Crippen LogP contribution is 2.12. The van der Waals surface area contributed by atoms with Gasteiger partial charge in [0.05, 0.1) is 4.53 Å². The zero-order valence-corrected chi connectivity index (χ0v) is 14.5. The van der Waals surface area contributed by atoms with E-state index in [4.69, 9.17) is 0 Å². The standard InChI is InChI=1S/C18H13N3OS2/c1-12-4-6-13(7-5-12)11-15-17(22)21-18(24-15)19-16(20-21)9-8-14-3-2-10-23-14/h2-11H,1H3/b9-8+,15-11+. The first-order valence-corrected chi connectivity index (χ1v) is 9.08. The van der Waals surface area contributed by atoms with Crippen molar-refractivity contribution in [2.24, 2.45) is 0 Å². The Morgan fingerprint density at radius 2 is 1.96 bits per heavy atom. The molecule has 24 heavy (non-hydrogen) atoms. The van der Waals surface area contributed by atoms with Crippen molar-refractivity contribution in [3.63, 3.8) is 0 Å². The van der Waals surface area contributed by atoms with Crippen molar-refractivity contribution in [3.8, 4) is 0 Å². The third-order valence-corrected chi connectivity index (χ3v) is 5.31. The van der Waals surface area contributed by atoms with Crippen LogP contribution in [0.4, 0.5) is 0 Å². The Morgan fingerprint density at radius 3 is 2.67 bits per heavy atom. The molecule has 0 bridgehead atoms. The summed E-state index contributed by atoms with van der Waals surface area (Å²) in [7, 11) is 0. The fourth-order valence-corrected chi connectivity index (χ4v) is 3.81. The van der Waals surface area contributed by atoms with Crippen LogP contribution in [0.25, 0.3) is 23.2 Å². The van der Waals surface area contributed by atoms with Crippen LogP contribution in [0.2, 0.25) is 0 Å². The molecule has 0 fully saturated rings. The highest BCUT2D eigenvalue weighted by atomic mass is 32.1. The molecule has 0 atom stereocenters. The molecule has 0 spiro atoms. The summed E-state index contributed by atoms with van der Waals surface area (Å²) < 4.78 is 2.02. The first kappa shape index (κ1) is 15.0. The number of hydrogen-bond acceptors (Lipinski definition) is 5. The summed E-state index contributed by atoms with van der Waals surface area (Å²) in [5.74, 6) is 0.550. The summed E-state index contributed by atoms with van der Waals surface area (Å²) in [4.78, 5) is 18.6. The second kappa shape index (κ2) is 6.14. The molecule has 4 nitrogen and oxygen atoms in total. The Morgan fingerprint density at radius 1 is 1.12 bits per heavy atom. The lowest BCUT2D eigenvalue weighted by atomic mass is 10.1. The van der Waals surface area contributed by atoms with Gasteiger partial charge in [0.25, 0.3) is 5.56 Å². The normalized spacial score (nSPS) is 12.6. The average Bonchev–Trinajstić information content (AvgIpc) is 3.27. The van der Waals surface area contributed by atoms with Gasteiger partial charge in [-0.05, 0) is 42.2 Å². The fraction of sp³-hybridized carbons (Fsp3) is 0.0556. The van der Waals surface area contributed by atoms with Crippen molar-refractivity contribution in [2.45, 2.75) is 6.92 Å². The van der Waals surface area contributed by atoms with Crippen LogP contribution >= 0.6 is 22.7 Å². The minimum atomic E-state index is -0.126. The van der Waals surface area contributed by atoms with E-state index in [0.717, 1.165) is 10.4 Å². The molecule has 0 aliphatic carbocycles. The van der Waals surface area contributed by atoms with Crippen molar-refractivity contribution < 1.29 is 0 Å². The molecule has 0 N–H and O–H groups in total. The number of aryl methyl sites for hydroxylation is 1. The maximum atomic E-state index is 12.5. The summed E-state index contributed by atoms with van der Waals surface area (Å²) in [6.07, 6.45) is 5.66. The molecule has 1 aromatic carbocycles. The molecule has 0 radical (unpaired) electrons. The first-order valence-electron chi connectivity index (χ1n) is 7.38. The van der Waals surface area contributed by atoms with Crippen LogP contribution in [0, 0.1) is 6.92 Å². The first-order chi connectivity index (χ1) is 11.7. The van der Waals surface area contributed by atoms with Crippen molar-refractivity contribution in [2.75, 3.05) is 0 Å². The predicted molar refractivity (Wildman–Crippen MR) is 100 cm³/mol. The van der Waals surface area contributed by atoms with Crippen LogP contribution in [-0.2, 0) is 0 Å². The number of benzene rings is 1. The molecule has 3 aromatic heterocycles. The van der Waals surface area contributed by atoms with Gasteiger partial charge in [0.15, 0.2) is 5.82 Å². The zero-order chi connectivity index (χ0) is 16.5. The highest BCUT2D eigenvalue weighted by molar-refractivity contribution is 7.15. The molecule has 4 aromatic rings. The largest absolute Gasteiger partial charge is 0.291 e. The van der Waals surface area contributed by atoms with E-state index in [0.29, 0.717) is 15.3 Å². The van der Waals surface area contributed by atoms with Gasteiger partial charge in [0.1, 0.15) is 0 Å². The molecule has 0 aliphatic rings. The molecule has 0 saturated carbocycles. The smallest absolute Gasteiger partial charge is 0.266 e. The lowest BCUT2D eigenvalue weighted by Crippen LogP contribution is -2.23. The molecule has 4 rings (SSSR count). The van der Waals surface area contributed by atoms with E-state index in [1.54, 1.807) is 11.3 Å². The Bertz CT molecular complexity index is 1120. The molecular formula is C18H13N3OS2. The van der Waals surface area contributed by atoms with Crippen LogP contribution in [0.15, 0.2) is 46.6 Å². The Labute approximate surface area is 146 Å². The molecule has 0 saturated heterocycles. The lowest BCUT2D eigenvalue weighted by molar-refractivity contribution is 0.925. The second-order valence-electron chi connectivity index (χ2n) is 5.34. The maximum Gasteiger partial charge on any atom is 0.291 e. The zero-order valence-electron chi connectivity index (χ0n) is 12.8. The molecule has 0 amide bonds. The van der Waals surface area contributed by atoms with Gasteiger partial charge in [-0.1, -0.05) is 47.2 Å². The minimum absolute atomic E-state index is 0.126. The summed E-state index contributed by atoms with van der Waals surface area (Å²) in [6.45, 7) is 2.04. The summed E-state index contributed by atoms with van der Waals surface area (Å²) >= 11 is 3.00. The number of aromatic nitrogens is 3. The van der Waals surface area contributed by atoms with Crippen LogP contribution in [0.1, 0.15) is 21.8 Å². The van der Waals surface area contributed by atoms with Gasteiger partial charge in [-0.3, -0.25) is 4.79 Å². The topological polar surface area (TPSA) is 47.3 Å². The maximum absolute atomic E-state index is 12.5. The second-order valence-corrected chi connectivity index (χ2v) is 7.33. The van der Waals surface area contributed by atoms with Gasteiger partial charge in [0, 0.05) is 4.88 Å². The van der Waals surface area contributed by atoms with Gasteiger partial charge in [0.2, 0.25) is 4.96 Å². The van der Waals surface area contributed by atoms with Gasteiger partial charge in [-0.2, -0.15) is 9.50 Å². The average molecular weight is 351 g/mol. The van der Waals surface area contributed by atoms with Crippen molar-refractivity contribution in [1.29, 1.82) is 0 Å². The molecule has 0 unspecified atom stereocenters. The highest BCUT2D eigenvalue weighted by Gasteiger charge is 2.08. The number of rotatable bonds is 3. The summed E-state index contributed by atoms with van der Waals surface area (Å²) in [5.41, 5.74) is 2.07. The third kappa shape index (κ3) is 2.93. The van der Waals surface area contributed by atoms with E-state index in [1.165, 1.54) is 21.4 Å². The van der Waals surface area contributed by atoms with E-state index in [1.807, 2.05) is 66.9 Å². The Balaban J connectivity index is 1.70. The Hall–Kier alpha value is -2.57. The summed E-state index contributed by atoms with van der Waals surface area (Å²) in [5, 5.41) is 6.31. The van der Waals surface area contributed by atoms with Gasteiger partial charge >= 0.3 is 0 Å². The van der Waals surface area contributed by atoms with E-state index in [2.05, 4.69) is 10.1 Å². The van der Waals surface area contributed by atoms with Crippen LogP contribution in [0.5, 0.6) is 0 Å². The van der Waals surface area contributed by atoms with Crippen LogP contribution in [0.3, 0.4) is 0 Å². The lowest BCUT2D eigenvalue weighted by Gasteiger charge is -1.92. The number of hydrogen-bond donors (Lipinski definition) is 0. The minimum Gasteiger partial charge on any atom is -0.266 e. The number of fused-ring (bicyclic) bond motifs is 1.